The Kier molecular flexibility index (Phi) is 5.29. The van der Waals surface area contributed by atoms with Crippen molar-refractivity contribution in [2.24, 2.45) is 0 Å². The standard InChI is InChI=1S/C4H3Cl2N.C4H10N2O/c5-3-1-4(6)7-2-3;7-6-3-1-5-2-4-6/h1-2,7H;5-6H,1-4H2. The Hall–Kier alpha value is -0.260. The number of hydrogen-bond acceptors (Lipinski definition) is 2. The zero-order valence-electron chi connectivity index (χ0n) is 7.65. The van der Waals surface area contributed by atoms with Crippen molar-refractivity contribution < 1.29 is 5.06 Å². The summed E-state index contributed by atoms with van der Waals surface area (Å²) >= 11 is 10.9. The van der Waals surface area contributed by atoms with Crippen molar-refractivity contribution in [3.05, 3.63) is 27.6 Å². The van der Waals surface area contributed by atoms with Crippen molar-refractivity contribution >= 4 is 23.2 Å². The number of aromatic nitrogens is 1. The van der Waals surface area contributed by atoms with E-state index in [4.69, 9.17) is 23.2 Å². The Bertz CT molecular complexity index is 244. The second-order valence-corrected chi connectivity index (χ2v) is 3.80. The van der Waals surface area contributed by atoms with Gasteiger partial charge in [0.15, 0.2) is 0 Å². The summed E-state index contributed by atoms with van der Waals surface area (Å²) in [5.41, 5.74) is 0. The molecule has 1 saturated heterocycles. The van der Waals surface area contributed by atoms with E-state index in [2.05, 4.69) is 10.3 Å². The molecule has 14 heavy (non-hydrogen) atoms. The van der Waals surface area contributed by atoms with Crippen LogP contribution in [0.4, 0.5) is 0 Å². The van der Waals surface area contributed by atoms with Crippen LogP contribution in [0.5, 0.6) is 0 Å². The number of rotatable bonds is 0. The lowest BCUT2D eigenvalue weighted by molar-refractivity contribution is -0.850. The van der Waals surface area contributed by atoms with Crippen LogP contribution in [-0.2, 0) is 0 Å². The van der Waals surface area contributed by atoms with E-state index in [1.54, 1.807) is 12.3 Å². The molecule has 0 aliphatic carbocycles. The van der Waals surface area contributed by atoms with Gasteiger partial charge in [-0.2, -0.15) is 0 Å². The smallest absolute Gasteiger partial charge is 0.107 e. The normalized spacial score (nSPS) is 17.4. The fourth-order valence-electron chi connectivity index (χ4n) is 1.05. The molecular weight excluding hydrogens is 225 g/mol. The number of hydroxylamine groups is 2. The van der Waals surface area contributed by atoms with Gasteiger partial charge in [0, 0.05) is 19.3 Å². The predicted octanol–water partition coefficient (Wildman–Crippen LogP) is 0.294. The first kappa shape index (κ1) is 11.8. The molecule has 3 N–H and O–H groups in total. The monoisotopic (exact) mass is 237 g/mol. The van der Waals surface area contributed by atoms with E-state index >= 15 is 0 Å². The minimum absolute atomic E-state index is 0.402. The summed E-state index contributed by atoms with van der Waals surface area (Å²) in [5.74, 6) is 0. The molecule has 0 atom stereocenters. The van der Waals surface area contributed by atoms with Crippen molar-refractivity contribution in [2.45, 2.75) is 0 Å². The van der Waals surface area contributed by atoms with Crippen LogP contribution in [0.1, 0.15) is 0 Å². The molecule has 1 fully saturated rings. The van der Waals surface area contributed by atoms with E-state index in [1.165, 1.54) is 0 Å². The molecule has 0 unspecified atom stereocenters. The molecule has 0 bridgehead atoms. The summed E-state index contributed by atoms with van der Waals surface area (Å²) in [5, 5.41) is 15.1. The van der Waals surface area contributed by atoms with Crippen LogP contribution >= 0.6 is 23.2 Å². The van der Waals surface area contributed by atoms with Gasteiger partial charge < -0.3 is 20.6 Å². The fraction of sp³-hybridized carbons (Fsp3) is 0.500. The maximum absolute atomic E-state index is 10.4. The van der Waals surface area contributed by atoms with Crippen molar-refractivity contribution in [1.82, 2.24) is 10.3 Å². The third kappa shape index (κ3) is 4.83. The summed E-state index contributed by atoms with van der Waals surface area (Å²) in [6, 6.07) is 1.64. The molecule has 0 aromatic carbocycles. The lowest BCUT2D eigenvalue weighted by atomic mass is 10.4. The van der Waals surface area contributed by atoms with Crippen LogP contribution in [0, 0.1) is 5.21 Å². The van der Waals surface area contributed by atoms with Gasteiger partial charge >= 0.3 is 0 Å². The predicted molar refractivity (Wildman–Crippen MR) is 57.7 cm³/mol. The van der Waals surface area contributed by atoms with Crippen molar-refractivity contribution in [2.75, 3.05) is 26.2 Å². The summed E-state index contributed by atoms with van der Waals surface area (Å²) < 4.78 is 0. The molecular formula is C8H13Cl2N3O. The van der Waals surface area contributed by atoms with Gasteiger partial charge in [0.25, 0.3) is 0 Å². The molecule has 0 spiro atoms. The Balaban J connectivity index is 0.000000140. The average Bonchev–Trinajstić information content (AvgIpc) is 2.52. The SMILES string of the molecule is Clc1c[nH]c(Cl)c1.[O-][NH+]1CCNCC1. The number of quaternary nitrogens is 1. The molecule has 2 rings (SSSR count). The number of nitrogens with one attached hydrogen (secondary N) is 3. The summed E-state index contributed by atoms with van der Waals surface area (Å²) in [7, 11) is 0. The number of halogens is 2. The van der Waals surface area contributed by atoms with Crippen LogP contribution in [0.3, 0.4) is 0 Å². The van der Waals surface area contributed by atoms with Gasteiger partial charge in [0.2, 0.25) is 0 Å². The lowest BCUT2D eigenvalue weighted by Gasteiger charge is -2.26. The highest BCUT2D eigenvalue weighted by Gasteiger charge is 2.01. The molecule has 6 heteroatoms. The lowest BCUT2D eigenvalue weighted by Crippen LogP contribution is -3.10. The van der Waals surface area contributed by atoms with E-state index in [0.717, 1.165) is 26.2 Å². The van der Waals surface area contributed by atoms with Gasteiger partial charge in [0.1, 0.15) is 5.15 Å². The molecule has 1 aromatic rings. The van der Waals surface area contributed by atoms with Gasteiger partial charge in [-0.15, -0.1) is 0 Å². The molecule has 0 radical (unpaired) electrons. The summed E-state index contributed by atoms with van der Waals surface area (Å²) in [6.45, 7) is 3.25. The highest BCUT2D eigenvalue weighted by Crippen LogP contribution is 2.12. The Morgan fingerprint density at radius 1 is 1.29 bits per heavy atom. The minimum Gasteiger partial charge on any atom is -0.634 e. The molecule has 1 aliphatic rings. The molecule has 0 amide bonds. The molecule has 4 nitrogen and oxygen atoms in total. The van der Waals surface area contributed by atoms with E-state index < -0.39 is 0 Å². The Labute approximate surface area is 92.8 Å². The Morgan fingerprint density at radius 3 is 2.14 bits per heavy atom. The minimum atomic E-state index is 0.402. The van der Waals surface area contributed by atoms with E-state index in [-0.39, 0.29) is 0 Å². The zero-order valence-corrected chi connectivity index (χ0v) is 9.16. The van der Waals surface area contributed by atoms with Crippen LogP contribution in [0.25, 0.3) is 0 Å². The number of hydrogen-bond donors (Lipinski definition) is 3. The topological polar surface area (TPSA) is 55.3 Å². The van der Waals surface area contributed by atoms with Crippen LogP contribution in [-0.4, -0.2) is 31.2 Å². The van der Waals surface area contributed by atoms with Gasteiger partial charge in [-0.1, -0.05) is 23.2 Å². The van der Waals surface area contributed by atoms with Gasteiger partial charge in [-0.3, -0.25) is 0 Å². The Morgan fingerprint density at radius 2 is 1.93 bits per heavy atom. The van der Waals surface area contributed by atoms with Gasteiger partial charge in [-0.25, -0.2) is 0 Å². The fourth-order valence-corrected chi connectivity index (χ4v) is 1.44. The first-order valence-electron chi connectivity index (χ1n) is 4.40. The van der Waals surface area contributed by atoms with Crippen molar-refractivity contribution in [3.8, 4) is 0 Å². The van der Waals surface area contributed by atoms with Crippen LogP contribution in [0.2, 0.25) is 10.2 Å². The molecule has 80 valence electrons. The second kappa shape index (κ2) is 6.27. The molecule has 1 aromatic heterocycles. The first-order chi connectivity index (χ1) is 6.68. The number of H-pyrrole nitrogens is 1. The molecule has 0 saturated carbocycles. The summed E-state index contributed by atoms with van der Waals surface area (Å²) in [6.07, 6.45) is 1.63. The third-order valence-corrected chi connectivity index (χ3v) is 2.21. The molecule has 1 aliphatic heterocycles. The quantitative estimate of drug-likeness (QED) is 0.569. The largest absolute Gasteiger partial charge is 0.634 e. The highest BCUT2D eigenvalue weighted by atomic mass is 35.5. The zero-order chi connectivity index (χ0) is 10.4. The highest BCUT2D eigenvalue weighted by molar-refractivity contribution is 6.34. The molecule has 2 heterocycles. The van der Waals surface area contributed by atoms with E-state index in [0.29, 0.717) is 15.2 Å². The third-order valence-electron chi connectivity index (χ3n) is 1.77. The van der Waals surface area contributed by atoms with Gasteiger partial charge in [-0.05, 0) is 6.07 Å². The maximum atomic E-state index is 10.4. The summed E-state index contributed by atoms with van der Waals surface area (Å²) in [4.78, 5) is 2.70. The maximum Gasteiger partial charge on any atom is 0.107 e. The number of aromatic amines is 1. The van der Waals surface area contributed by atoms with Gasteiger partial charge in [0.05, 0.1) is 18.1 Å². The number of piperazine rings is 1. The van der Waals surface area contributed by atoms with Crippen molar-refractivity contribution in [1.29, 1.82) is 0 Å². The first-order valence-corrected chi connectivity index (χ1v) is 5.16. The average molecular weight is 238 g/mol. The van der Waals surface area contributed by atoms with Crippen LogP contribution in [0.15, 0.2) is 12.3 Å². The van der Waals surface area contributed by atoms with Crippen LogP contribution < -0.4 is 10.4 Å². The van der Waals surface area contributed by atoms with E-state index in [1.807, 2.05) is 0 Å². The van der Waals surface area contributed by atoms with Crippen molar-refractivity contribution in [3.63, 3.8) is 0 Å². The second-order valence-electron chi connectivity index (χ2n) is 2.95. The van der Waals surface area contributed by atoms with E-state index in [9.17, 15) is 5.21 Å².